The van der Waals surface area contributed by atoms with Crippen LogP contribution in [0.3, 0.4) is 0 Å². The molecule has 0 N–H and O–H groups in total. The molecule has 0 unspecified atom stereocenters. The van der Waals surface area contributed by atoms with E-state index in [0.717, 1.165) is 35.3 Å². The van der Waals surface area contributed by atoms with Gasteiger partial charge in [-0.2, -0.15) is 0 Å². The first-order valence-corrected chi connectivity index (χ1v) is 9.07. The van der Waals surface area contributed by atoms with Gasteiger partial charge in [-0.25, -0.2) is 0 Å². The summed E-state index contributed by atoms with van der Waals surface area (Å²) in [5, 5.41) is 0.659. The summed E-state index contributed by atoms with van der Waals surface area (Å²) < 4.78 is 1.89. The standard InChI is InChI=1S/C20H21ClN2O2/c1-12-3-4-17(18(21)5-12)15-7-19-16-6-14(9-22(11-16)13(2)24)10-23(19)20(25)8-15/h3-5,7-8,14,16H,6,9-11H2,1-2H3/t14-,16+/m0/s1. The van der Waals surface area contributed by atoms with Crippen molar-refractivity contribution in [3.63, 3.8) is 0 Å². The van der Waals surface area contributed by atoms with Crippen molar-refractivity contribution in [2.24, 2.45) is 5.92 Å². The molecule has 5 heteroatoms. The van der Waals surface area contributed by atoms with Gasteiger partial charge in [0.05, 0.1) is 0 Å². The third kappa shape index (κ3) is 2.89. The zero-order valence-electron chi connectivity index (χ0n) is 14.5. The van der Waals surface area contributed by atoms with Crippen LogP contribution in [-0.2, 0) is 11.3 Å². The summed E-state index contributed by atoms with van der Waals surface area (Å²) in [4.78, 5) is 26.5. The lowest BCUT2D eigenvalue weighted by atomic mass is 9.82. The Morgan fingerprint density at radius 1 is 1.16 bits per heavy atom. The number of hydrogen-bond acceptors (Lipinski definition) is 2. The zero-order valence-corrected chi connectivity index (χ0v) is 15.2. The van der Waals surface area contributed by atoms with Gasteiger partial charge in [0.15, 0.2) is 0 Å². The summed E-state index contributed by atoms with van der Waals surface area (Å²) >= 11 is 6.41. The average molecular weight is 357 g/mol. The van der Waals surface area contributed by atoms with Gasteiger partial charge in [-0.1, -0.05) is 23.7 Å². The highest BCUT2D eigenvalue weighted by molar-refractivity contribution is 6.33. The van der Waals surface area contributed by atoms with Crippen molar-refractivity contribution in [3.05, 3.63) is 57.0 Å². The molecule has 0 aliphatic carbocycles. The van der Waals surface area contributed by atoms with Gasteiger partial charge >= 0.3 is 0 Å². The molecule has 2 bridgehead atoms. The lowest BCUT2D eigenvalue weighted by Crippen LogP contribution is -2.48. The molecule has 25 heavy (non-hydrogen) atoms. The molecule has 130 valence electrons. The number of nitrogens with zero attached hydrogens (tertiary/aromatic N) is 2. The molecule has 2 aromatic rings. The van der Waals surface area contributed by atoms with Crippen LogP contribution in [0.2, 0.25) is 5.02 Å². The largest absolute Gasteiger partial charge is 0.342 e. The van der Waals surface area contributed by atoms with Crippen molar-refractivity contribution in [2.45, 2.75) is 32.7 Å². The Bertz CT molecular complexity index is 918. The van der Waals surface area contributed by atoms with E-state index < -0.39 is 0 Å². The number of hydrogen-bond donors (Lipinski definition) is 0. The minimum Gasteiger partial charge on any atom is -0.342 e. The Hall–Kier alpha value is -2.07. The number of carbonyl (C=O) groups excluding carboxylic acids is 1. The van der Waals surface area contributed by atoms with Crippen molar-refractivity contribution < 1.29 is 4.79 Å². The van der Waals surface area contributed by atoms with Crippen LogP contribution in [0, 0.1) is 12.8 Å². The number of amides is 1. The fraction of sp³-hybridized carbons (Fsp3) is 0.400. The number of likely N-dealkylation sites (tertiary alicyclic amines) is 1. The third-order valence-corrected chi connectivity index (χ3v) is 5.75. The number of piperidine rings is 1. The van der Waals surface area contributed by atoms with Crippen molar-refractivity contribution in [2.75, 3.05) is 13.1 Å². The molecule has 3 heterocycles. The minimum absolute atomic E-state index is 0.0233. The Morgan fingerprint density at radius 2 is 1.96 bits per heavy atom. The van der Waals surface area contributed by atoms with E-state index in [4.69, 9.17) is 11.6 Å². The van der Waals surface area contributed by atoms with Crippen LogP contribution in [0.25, 0.3) is 11.1 Å². The van der Waals surface area contributed by atoms with Crippen LogP contribution in [-0.4, -0.2) is 28.5 Å². The summed E-state index contributed by atoms with van der Waals surface area (Å²) in [5.74, 6) is 0.693. The van der Waals surface area contributed by atoms with Crippen molar-refractivity contribution in [1.82, 2.24) is 9.47 Å². The summed E-state index contributed by atoms with van der Waals surface area (Å²) in [6, 6.07) is 9.67. The first kappa shape index (κ1) is 16.4. The lowest BCUT2D eigenvalue weighted by molar-refractivity contribution is -0.131. The van der Waals surface area contributed by atoms with Crippen LogP contribution in [0.5, 0.6) is 0 Å². The fourth-order valence-corrected chi connectivity index (χ4v) is 4.57. The van der Waals surface area contributed by atoms with Crippen LogP contribution in [0.1, 0.15) is 30.5 Å². The van der Waals surface area contributed by atoms with E-state index in [1.165, 1.54) is 0 Å². The van der Waals surface area contributed by atoms with E-state index in [1.54, 1.807) is 13.0 Å². The van der Waals surface area contributed by atoms with Gasteiger partial charge in [0.1, 0.15) is 0 Å². The van der Waals surface area contributed by atoms with Crippen molar-refractivity contribution >= 4 is 17.5 Å². The fourth-order valence-electron chi connectivity index (χ4n) is 4.23. The molecule has 0 spiro atoms. The number of fused-ring (bicyclic) bond motifs is 4. The van der Waals surface area contributed by atoms with Gasteiger partial charge in [0, 0.05) is 54.8 Å². The predicted octanol–water partition coefficient (Wildman–Crippen LogP) is 3.44. The van der Waals surface area contributed by atoms with Gasteiger partial charge in [-0.15, -0.1) is 0 Å². The molecular weight excluding hydrogens is 336 g/mol. The zero-order chi connectivity index (χ0) is 17.7. The Labute approximate surface area is 152 Å². The Balaban J connectivity index is 1.80. The van der Waals surface area contributed by atoms with E-state index in [0.29, 0.717) is 24.0 Å². The highest BCUT2D eigenvalue weighted by atomic mass is 35.5. The van der Waals surface area contributed by atoms with E-state index in [2.05, 4.69) is 6.07 Å². The maximum absolute atomic E-state index is 12.7. The van der Waals surface area contributed by atoms with Crippen LogP contribution >= 0.6 is 11.6 Å². The lowest BCUT2D eigenvalue weighted by Gasteiger charge is -2.42. The maximum atomic E-state index is 12.7. The van der Waals surface area contributed by atoms with E-state index in [-0.39, 0.29) is 17.4 Å². The van der Waals surface area contributed by atoms with Crippen LogP contribution < -0.4 is 5.56 Å². The number of halogens is 1. The number of rotatable bonds is 1. The molecule has 2 aliphatic heterocycles. The second-order valence-electron chi connectivity index (χ2n) is 7.32. The number of carbonyl (C=O) groups is 1. The number of aromatic nitrogens is 1. The Morgan fingerprint density at radius 3 is 2.68 bits per heavy atom. The molecule has 1 aromatic heterocycles. The van der Waals surface area contributed by atoms with E-state index in [9.17, 15) is 9.59 Å². The monoisotopic (exact) mass is 356 g/mol. The highest BCUT2D eigenvalue weighted by Crippen LogP contribution is 2.37. The maximum Gasteiger partial charge on any atom is 0.251 e. The van der Waals surface area contributed by atoms with Gasteiger partial charge in [0.2, 0.25) is 5.91 Å². The van der Waals surface area contributed by atoms with Gasteiger partial charge in [0.25, 0.3) is 5.56 Å². The SMILES string of the molecule is CC(=O)N1C[C@@H]2C[C@H](C1)c1cc(-c3ccc(C)cc3Cl)cc(=O)n1C2. The van der Waals surface area contributed by atoms with Gasteiger partial charge in [-0.3, -0.25) is 9.59 Å². The first-order valence-electron chi connectivity index (χ1n) is 8.69. The van der Waals surface area contributed by atoms with Crippen molar-refractivity contribution in [1.29, 1.82) is 0 Å². The van der Waals surface area contributed by atoms with Crippen molar-refractivity contribution in [3.8, 4) is 11.1 Å². The molecule has 1 aromatic carbocycles. The Kier molecular flexibility index (Phi) is 3.95. The minimum atomic E-state index is 0.0233. The summed E-state index contributed by atoms with van der Waals surface area (Å²) in [6.07, 6.45) is 1.04. The molecule has 1 fully saturated rings. The molecule has 4 rings (SSSR count). The second-order valence-corrected chi connectivity index (χ2v) is 7.73. The smallest absolute Gasteiger partial charge is 0.251 e. The molecule has 0 saturated carbocycles. The molecule has 1 saturated heterocycles. The van der Waals surface area contributed by atoms with Gasteiger partial charge in [-0.05, 0) is 42.5 Å². The van der Waals surface area contributed by atoms with E-state index in [1.807, 2.05) is 34.6 Å². The average Bonchev–Trinajstić information content (AvgIpc) is 2.55. The quantitative estimate of drug-likeness (QED) is 0.785. The molecule has 1 amide bonds. The second kappa shape index (κ2) is 6.03. The molecule has 0 radical (unpaired) electrons. The summed E-state index contributed by atoms with van der Waals surface area (Å²) in [5.41, 5.74) is 3.89. The summed E-state index contributed by atoms with van der Waals surface area (Å²) in [6.45, 7) is 5.75. The normalized spacial score (nSPS) is 21.8. The number of benzene rings is 1. The van der Waals surface area contributed by atoms with Crippen LogP contribution in [0.15, 0.2) is 35.1 Å². The number of pyridine rings is 1. The summed E-state index contributed by atoms with van der Waals surface area (Å²) in [7, 11) is 0. The first-order chi connectivity index (χ1) is 11.9. The van der Waals surface area contributed by atoms with Crippen LogP contribution in [0.4, 0.5) is 0 Å². The highest BCUT2D eigenvalue weighted by Gasteiger charge is 2.35. The number of aryl methyl sites for hydroxylation is 1. The molecule has 4 nitrogen and oxygen atoms in total. The molecular formula is C20H21ClN2O2. The molecule has 2 atom stereocenters. The predicted molar refractivity (Wildman–Crippen MR) is 99.0 cm³/mol. The molecule has 2 aliphatic rings. The van der Waals surface area contributed by atoms with E-state index >= 15 is 0 Å². The topological polar surface area (TPSA) is 42.3 Å². The van der Waals surface area contributed by atoms with Gasteiger partial charge < -0.3 is 9.47 Å². The third-order valence-electron chi connectivity index (χ3n) is 5.44.